The summed E-state index contributed by atoms with van der Waals surface area (Å²) in [5.41, 5.74) is 5.74. The number of aromatic amines is 1. The van der Waals surface area contributed by atoms with Crippen molar-refractivity contribution in [3.63, 3.8) is 0 Å². The van der Waals surface area contributed by atoms with E-state index in [1.807, 2.05) is 12.1 Å². The number of nitrogens with zero attached hydrogens (tertiary/aromatic N) is 1. The zero-order valence-electron chi connectivity index (χ0n) is 16.7. The van der Waals surface area contributed by atoms with Gasteiger partial charge in [-0.15, -0.1) is 0 Å². The molecule has 0 spiro atoms. The van der Waals surface area contributed by atoms with E-state index in [1.54, 1.807) is 0 Å². The van der Waals surface area contributed by atoms with Crippen LogP contribution in [-0.2, 0) is 4.74 Å². The number of aromatic nitrogens is 1. The first kappa shape index (κ1) is 18.8. The number of morpholine rings is 1. The van der Waals surface area contributed by atoms with Crippen LogP contribution in [0.5, 0.6) is 0 Å². The fourth-order valence-corrected chi connectivity index (χ4v) is 3.96. The van der Waals surface area contributed by atoms with Crippen LogP contribution in [0, 0.1) is 5.82 Å². The van der Waals surface area contributed by atoms with E-state index in [1.165, 1.54) is 23.3 Å². The minimum atomic E-state index is -0.214. The maximum Gasteiger partial charge on any atom is 0.123 e. The summed E-state index contributed by atoms with van der Waals surface area (Å²) >= 11 is 0. The summed E-state index contributed by atoms with van der Waals surface area (Å²) in [6.45, 7) is 7.95. The van der Waals surface area contributed by atoms with Gasteiger partial charge in [0.15, 0.2) is 0 Å². The third kappa shape index (κ3) is 3.69. The summed E-state index contributed by atoms with van der Waals surface area (Å²) in [5.74, 6) is 0.311. The van der Waals surface area contributed by atoms with Crippen molar-refractivity contribution in [3.8, 4) is 11.3 Å². The van der Waals surface area contributed by atoms with Crippen LogP contribution in [0.1, 0.15) is 44.0 Å². The summed E-state index contributed by atoms with van der Waals surface area (Å²) in [6, 6.07) is 19.8. The Hall–Kier alpha value is -2.59. The molecule has 2 atom stereocenters. The van der Waals surface area contributed by atoms with Gasteiger partial charge in [0.25, 0.3) is 0 Å². The van der Waals surface area contributed by atoms with Gasteiger partial charge < -0.3 is 14.6 Å². The second-order valence-electron chi connectivity index (χ2n) is 7.79. The van der Waals surface area contributed by atoms with Crippen LogP contribution >= 0.6 is 0 Å². The first-order valence-corrected chi connectivity index (χ1v) is 9.96. The number of benzene rings is 2. The van der Waals surface area contributed by atoms with Crippen molar-refractivity contribution >= 4 is 5.69 Å². The fraction of sp³-hybridized carbons (Fsp3) is 0.333. The molecule has 2 aromatic carbocycles. The van der Waals surface area contributed by atoms with Crippen molar-refractivity contribution in [2.45, 2.75) is 38.8 Å². The van der Waals surface area contributed by atoms with Gasteiger partial charge in [-0.3, -0.25) is 0 Å². The second kappa shape index (κ2) is 7.80. The highest BCUT2D eigenvalue weighted by Gasteiger charge is 2.32. The number of H-pyrrole nitrogens is 1. The van der Waals surface area contributed by atoms with Crippen LogP contribution in [0.15, 0.2) is 60.7 Å². The predicted octanol–water partition coefficient (Wildman–Crippen LogP) is 5.91. The van der Waals surface area contributed by atoms with Gasteiger partial charge >= 0.3 is 0 Å². The Morgan fingerprint density at radius 2 is 1.71 bits per heavy atom. The van der Waals surface area contributed by atoms with Crippen LogP contribution in [-0.4, -0.2) is 24.2 Å². The molecule has 4 rings (SSSR count). The van der Waals surface area contributed by atoms with Gasteiger partial charge in [-0.25, -0.2) is 4.39 Å². The average Bonchev–Trinajstić information content (AvgIpc) is 3.18. The second-order valence-corrected chi connectivity index (χ2v) is 7.79. The van der Waals surface area contributed by atoms with Gasteiger partial charge in [0, 0.05) is 23.6 Å². The van der Waals surface area contributed by atoms with Crippen LogP contribution in [0.25, 0.3) is 11.3 Å². The lowest BCUT2D eigenvalue weighted by Gasteiger charge is -2.41. The smallest absolute Gasteiger partial charge is 0.123 e. The topological polar surface area (TPSA) is 28.3 Å². The SMILES string of the molecule is CC(C)c1ccc(-c2ccc(C3C(C)OCCN3c3ccc(F)cc3)[nH]2)cc1. The molecular formula is C24H27FN2O. The zero-order chi connectivity index (χ0) is 19.7. The molecule has 1 N–H and O–H groups in total. The molecule has 0 amide bonds. The number of ether oxygens (including phenoxy) is 1. The average molecular weight is 378 g/mol. The summed E-state index contributed by atoms with van der Waals surface area (Å²) in [7, 11) is 0. The lowest BCUT2D eigenvalue weighted by molar-refractivity contribution is 0.0222. The van der Waals surface area contributed by atoms with Crippen molar-refractivity contribution in [1.82, 2.24) is 4.98 Å². The number of hydrogen-bond donors (Lipinski definition) is 1. The maximum absolute atomic E-state index is 13.4. The third-order valence-corrected chi connectivity index (χ3v) is 5.57. The van der Waals surface area contributed by atoms with E-state index in [9.17, 15) is 4.39 Å². The first-order valence-electron chi connectivity index (χ1n) is 9.96. The van der Waals surface area contributed by atoms with E-state index in [0.717, 1.165) is 23.6 Å². The van der Waals surface area contributed by atoms with Crippen LogP contribution in [0.4, 0.5) is 10.1 Å². The predicted molar refractivity (Wildman–Crippen MR) is 112 cm³/mol. The Morgan fingerprint density at radius 3 is 2.39 bits per heavy atom. The monoisotopic (exact) mass is 378 g/mol. The van der Waals surface area contributed by atoms with Crippen molar-refractivity contribution in [2.75, 3.05) is 18.1 Å². The van der Waals surface area contributed by atoms with E-state index in [-0.39, 0.29) is 18.0 Å². The highest BCUT2D eigenvalue weighted by atomic mass is 19.1. The standard InChI is InChI=1S/C24H27FN2O/c1-16(2)18-4-6-19(7-5-18)22-12-13-23(26-22)24-17(3)28-15-14-27(24)21-10-8-20(25)9-11-21/h4-13,16-17,24,26H,14-15H2,1-3H3. The van der Waals surface area contributed by atoms with Crippen molar-refractivity contribution in [1.29, 1.82) is 0 Å². The number of hydrogen-bond acceptors (Lipinski definition) is 2. The zero-order valence-corrected chi connectivity index (χ0v) is 16.7. The lowest BCUT2D eigenvalue weighted by Crippen LogP contribution is -2.44. The molecule has 146 valence electrons. The van der Waals surface area contributed by atoms with Crippen molar-refractivity contribution < 1.29 is 9.13 Å². The summed E-state index contributed by atoms with van der Waals surface area (Å²) in [5, 5.41) is 0. The Kier molecular flexibility index (Phi) is 5.23. The number of anilines is 1. The molecule has 3 nitrogen and oxygen atoms in total. The molecule has 1 aliphatic rings. The Balaban J connectivity index is 1.63. The Bertz CT molecular complexity index is 915. The number of rotatable bonds is 4. The molecule has 1 aliphatic heterocycles. The molecule has 1 saturated heterocycles. The normalized spacial score (nSPS) is 20.0. The van der Waals surface area contributed by atoms with E-state index >= 15 is 0 Å². The first-order chi connectivity index (χ1) is 13.5. The number of halogens is 1. The number of nitrogens with one attached hydrogen (secondary N) is 1. The van der Waals surface area contributed by atoms with Gasteiger partial charge in [0.1, 0.15) is 5.82 Å². The van der Waals surface area contributed by atoms with E-state index in [0.29, 0.717) is 12.5 Å². The fourth-order valence-electron chi connectivity index (χ4n) is 3.96. The van der Waals surface area contributed by atoms with Gasteiger partial charge in [-0.2, -0.15) is 0 Å². The molecule has 1 fully saturated rings. The van der Waals surface area contributed by atoms with E-state index in [2.05, 4.69) is 67.1 Å². The molecule has 2 heterocycles. The molecule has 0 saturated carbocycles. The maximum atomic E-state index is 13.4. The largest absolute Gasteiger partial charge is 0.374 e. The van der Waals surface area contributed by atoms with Crippen LogP contribution in [0.2, 0.25) is 0 Å². The van der Waals surface area contributed by atoms with Crippen LogP contribution < -0.4 is 4.90 Å². The Labute approximate surface area is 166 Å². The molecule has 2 unspecified atom stereocenters. The molecule has 1 aromatic heterocycles. The Morgan fingerprint density at radius 1 is 1.00 bits per heavy atom. The third-order valence-electron chi connectivity index (χ3n) is 5.57. The van der Waals surface area contributed by atoms with Gasteiger partial charge in [-0.1, -0.05) is 38.1 Å². The quantitative estimate of drug-likeness (QED) is 0.611. The van der Waals surface area contributed by atoms with E-state index in [4.69, 9.17) is 4.74 Å². The van der Waals surface area contributed by atoms with Gasteiger partial charge in [0.05, 0.1) is 18.8 Å². The minimum Gasteiger partial charge on any atom is -0.374 e. The molecule has 0 aliphatic carbocycles. The van der Waals surface area contributed by atoms with Crippen molar-refractivity contribution in [2.24, 2.45) is 0 Å². The van der Waals surface area contributed by atoms with Gasteiger partial charge in [0.2, 0.25) is 0 Å². The highest BCUT2D eigenvalue weighted by molar-refractivity contribution is 5.61. The minimum absolute atomic E-state index is 0.0358. The molecule has 4 heteroatoms. The highest BCUT2D eigenvalue weighted by Crippen LogP contribution is 2.34. The lowest BCUT2D eigenvalue weighted by atomic mass is 10.0. The molecule has 3 aromatic rings. The summed E-state index contributed by atoms with van der Waals surface area (Å²) < 4.78 is 19.3. The molecular weight excluding hydrogens is 351 g/mol. The molecule has 28 heavy (non-hydrogen) atoms. The molecule has 0 radical (unpaired) electrons. The van der Waals surface area contributed by atoms with Crippen molar-refractivity contribution in [3.05, 3.63) is 77.7 Å². The van der Waals surface area contributed by atoms with Crippen LogP contribution in [0.3, 0.4) is 0 Å². The van der Waals surface area contributed by atoms with E-state index < -0.39 is 0 Å². The summed E-state index contributed by atoms with van der Waals surface area (Å²) in [4.78, 5) is 5.89. The van der Waals surface area contributed by atoms with Gasteiger partial charge in [-0.05, 0) is 60.4 Å². The molecule has 0 bridgehead atoms. The summed E-state index contributed by atoms with van der Waals surface area (Å²) in [6.07, 6.45) is 0.0358.